The number of aryl methyl sites for hydroxylation is 1. The molecule has 0 aliphatic heterocycles. The molecule has 0 spiro atoms. The normalized spacial score (nSPS) is 10.4. The van der Waals surface area contributed by atoms with Crippen LogP contribution in [0.5, 0.6) is 0 Å². The molecule has 1 heterocycles. The summed E-state index contributed by atoms with van der Waals surface area (Å²) in [6.07, 6.45) is 0. The monoisotopic (exact) mass is 333 g/mol. The lowest BCUT2D eigenvalue weighted by molar-refractivity contribution is 0.0457. The molecule has 0 amide bonds. The number of esters is 1. The van der Waals surface area contributed by atoms with Crippen LogP contribution < -0.4 is 5.56 Å². The summed E-state index contributed by atoms with van der Waals surface area (Å²) in [5.74, 6) is -0.267. The predicted octanol–water partition coefficient (Wildman–Crippen LogP) is 2.59. The van der Waals surface area contributed by atoms with Gasteiger partial charge in [-0.1, -0.05) is 29.8 Å². The second-order valence-corrected chi connectivity index (χ2v) is 5.54. The van der Waals surface area contributed by atoms with Crippen molar-refractivity contribution in [2.75, 3.05) is 0 Å². The summed E-state index contributed by atoms with van der Waals surface area (Å²) < 4.78 is 6.50. The maximum atomic E-state index is 12.5. The molecule has 6 heteroatoms. The lowest BCUT2D eigenvalue weighted by Gasteiger charge is -2.11. The molecule has 0 unspecified atom stereocenters. The molecule has 1 aromatic heterocycles. The fraction of sp³-hybridized carbons (Fsp3) is 0.158. The van der Waals surface area contributed by atoms with Gasteiger partial charge in [-0.2, -0.15) is 5.26 Å². The molecule has 3 aromatic rings. The number of carbonyl (C=O) groups excluding carboxylic acids is 1. The average molecular weight is 333 g/mol. The summed E-state index contributed by atoms with van der Waals surface area (Å²) >= 11 is 0. The van der Waals surface area contributed by atoms with Gasteiger partial charge in [0.25, 0.3) is 5.56 Å². The van der Waals surface area contributed by atoms with Gasteiger partial charge in [-0.3, -0.25) is 9.36 Å². The lowest BCUT2D eigenvalue weighted by atomic mass is 10.1. The van der Waals surface area contributed by atoms with E-state index in [-0.39, 0.29) is 24.5 Å². The molecule has 0 radical (unpaired) electrons. The van der Waals surface area contributed by atoms with E-state index in [1.54, 1.807) is 36.4 Å². The number of hydrogen-bond donors (Lipinski definition) is 0. The number of nitrogens with zero attached hydrogens (tertiary/aromatic N) is 3. The van der Waals surface area contributed by atoms with Crippen molar-refractivity contribution in [2.24, 2.45) is 0 Å². The van der Waals surface area contributed by atoms with Crippen LogP contribution in [0.25, 0.3) is 10.9 Å². The largest absolute Gasteiger partial charge is 0.454 e. The maximum absolute atomic E-state index is 12.5. The van der Waals surface area contributed by atoms with Gasteiger partial charge in [-0.05, 0) is 31.2 Å². The van der Waals surface area contributed by atoms with Crippen LogP contribution in [-0.4, -0.2) is 15.5 Å². The van der Waals surface area contributed by atoms with Crippen molar-refractivity contribution < 1.29 is 9.53 Å². The quantitative estimate of drug-likeness (QED) is 0.685. The Hall–Kier alpha value is -3.46. The smallest absolute Gasteiger partial charge is 0.338 e. The van der Waals surface area contributed by atoms with Gasteiger partial charge >= 0.3 is 5.97 Å². The molecule has 0 N–H and O–H groups in total. The van der Waals surface area contributed by atoms with E-state index in [1.807, 2.05) is 25.1 Å². The van der Waals surface area contributed by atoms with Crippen LogP contribution in [0.3, 0.4) is 0 Å². The molecule has 0 bridgehead atoms. The van der Waals surface area contributed by atoms with Gasteiger partial charge in [0.2, 0.25) is 0 Å². The SMILES string of the molecule is Cc1ccc(C(=O)OCc2nc3ccccc3c(=O)n2CC#N)cc1. The summed E-state index contributed by atoms with van der Waals surface area (Å²) in [6, 6.07) is 15.8. The third kappa shape index (κ3) is 3.40. The van der Waals surface area contributed by atoms with E-state index in [0.29, 0.717) is 16.5 Å². The van der Waals surface area contributed by atoms with Gasteiger partial charge in [0.1, 0.15) is 13.2 Å². The van der Waals surface area contributed by atoms with Gasteiger partial charge in [-0.15, -0.1) is 0 Å². The molecule has 3 rings (SSSR count). The van der Waals surface area contributed by atoms with E-state index in [1.165, 1.54) is 4.57 Å². The fourth-order valence-electron chi connectivity index (χ4n) is 2.46. The third-order valence-electron chi connectivity index (χ3n) is 3.79. The van der Waals surface area contributed by atoms with Gasteiger partial charge in [-0.25, -0.2) is 9.78 Å². The average Bonchev–Trinajstić information content (AvgIpc) is 2.63. The fourth-order valence-corrected chi connectivity index (χ4v) is 2.46. The summed E-state index contributed by atoms with van der Waals surface area (Å²) in [5.41, 5.74) is 1.63. The van der Waals surface area contributed by atoms with Crippen LogP contribution in [0.15, 0.2) is 53.3 Å². The number of rotatable bonds is 4. The Morgan fingerprint density at radius 3 is 2.64 bits per heavy atom. The minimum atomic E-state index is -0.508. The summed E-state index contributed by atoms with van der Waals surface area (Å²) in [5, 5.41) is 9.40. The molecule has 0 saturated carbocycles. The first-order chi connectivity index (χ1) is 12.1. The van der Waals surface area contributed by atoms with E-state index >= 15 is 0 Å². The summed E-state index contributed by atoms with van der Waals surface area (Å²) in [4.78, 5) is 29.0. The highest BCUT2D eigenvalue weighted by Gasteiger charge is 2.13. The van der Waals surface area contributed by atoms with E-state index in [2.05, 4.69) is 4.98 Å². The molecule has 0 atom stereocenters. The van der Waals surface area contributed by atoms with Gasteiger partial charge in [0.15, 0.2) is 5.82 Å². The van der Waals surface area contributed by atoms with Crippen LogP contribution in [0.1, 0.15) is 21.7 Å². The Morgan fingerprint density at radius 1 is 1.20 bits per heavy atom. The van der Waals surface area contributed by atoms with E-state index < -0.39 is 5.97 Å². The molecule has 0 fully saturated rings. The van der Waals surface area contributed by atoms with Gasteiger partial charge < -0.3 is 4.74 Å². The first kappa shape index (κ1) is 16.4. The van der Waals surface area contributed by atoms with Crippen molar-refractivity contribution in [1.82, 2.24) is 9.55 Å². The second kappa shape index (κ2) is 6.97. The Bertz CT molecular complexity index is 1030. The van der Waals surface area contributed by atoms with E-state index in [0.717, 1.165) is 5.56 Å². The Labute approximate surface area is 143 Å². The molecule has 0 aliphatic carbocycles. The number of hydrogen-bond acceptors (Lipinski definition) is 5. The van der Waals surface area contributed by atoms with Crippen molar-refractivity contribution in [2.45, 2.75) is 20.1 Å². The zero-order valence-electron chi connectivity index (χ0n) is 13.6. The number of para-hydroxylation sites is 1. The van der Waals surface area contributed by atoms with Gasteiger partial charge in [0, 0.05) is 0 Å². The number of carbonyl (C=O) groups is 1. The standard InChI is InChI=1S/C19H15N3O3/c1-13-6-8-14(9-7-13)19(24)25-12-17-21-16-5-3-2-4-15(16)18(23)22(17)11-10-20/h2-9H,11-12H2,1H3. The highest BCUT2D eigenvalue weighted by Crippen LogP contribution is 2.10. The number of aromatic nitrogens is 2. The van der Waals surface area contributed by atoms with E-state index in [9.17, 15) is 9.59 Å². The lowest BCUT2D eigenvalue weighted by Crippen LogP contribution is -2.26. The molecule has 0 saturated heterocycles. The van der Waals surface area contributed by atoms with Crippen molar-refractivity contribution in [3.8, 4) is 6.07 Å². The molecular weight excluding hydrogens is 318 g/mol. The topological polar surface area (TPSA) is 85.0 Å². The number of ether oxygens (including phenoxy) is 1. The van der Waals surface area contributed by atoms with Crippen LogP contribution in [0.2, 0.25) is 0 Å². The van der Waals surface area contributed by atoms with Crippen molar-refractivity contribution in [3.05, 3.63) is 75.8 Å². The first-order valence-electron chi connectivity index (χ1n) is 7.69. The molecule has 6 nitrogen and oxygen atoms in total. The van der Waals surface area contributed by atoms with Crippen LogP contribution >= 0.6 is 0 Å². The number of nitriles is 1. The van der Waals surface area contributed by atoms with Crippen LogP contribution in [-0.2, 0) is 17.9 Å². The zero-order valence-corrected chi connectivity index (χ0v) is 13.6. The highest BCUT2D eigenvalue weighted by atomic mass is 16.5. The predicted molar refractivity (Wildman–Crippen MR) is 91.9 cm³/mol. The Kier molecular flexibility index (Phi) is 4.57. The maximum Gasteiger partial charge on any atom is 0.338 e. The highest BCUT2D eigenvalue weighted by molar-refractivity contribution is 5.89. The Balaban J connectivity index is 1.91. The van der Waals surface area contributed by atoms with Crippen LogP contribution in [0.4, 0.5) is 0 Å². The van der Waals surface area contributed by atoms with Crippen LogP contribution in [0, 0.1) is 18.3 Å². The minimum absolute atomic E-state index is 0.159. The van der Waals surface area contributed by atoms with Crippen molar-refractivity contribution in [1.29, 1.82) is 5.26 Å². The summed E-state index contributed by atoms with van der Waals surface area (Å²) in [6.45, 7) is 1.58. The van der Waals surface area contributed by atoms with Crippen molar-refractivity contribution in [3.63, 3.8) is 0 Å². The molecule has 0 aliphatic rings. The van der Waals surface area contributed by atoms with E-state index in [4.69, 9.17) is 10.00 Å². The first-order valence-corrected chi connectivity index (χ1v) is 7.69. The van der Waals surface area contributed by atoms with Gasteiger partial charge in [0.05, 0.1) is 22.5 Å². The zero-order chi connectivity index (χ0) is 17.8. The minimum Gasteiger partial charge on any atom is -0.454 e. The number of fused-ring (bicyclic) bond motifs is 1. The number of benzene rings is 2. The molecule has 2 aromatic carbocycles. The third-order valence-corrected chi connectivity index (χ3v) is 3.79. The summed E-state index contributed by atoms with van der Waals surface area (Å²) in [7, 11) is 0. The second-order valence-electron chi connectivity index (χ2n) is 5.54. The Morgan fingerprint density at radius 2 is 1.92 bits per heavy atom. The molecule has 124 valence electrons. The molecular formula is C19H15N3O3. The van der Waals surface area contributed by atoms with Crippen molar-refractivity contribution >= 4 is 16.9 Å². The molecule has 25 heavy (non-hydrogen) atoms.